The standard InChI is InChI=1S/C13H17O4P/c1-15-18(14)9-11-13(17-11)12(18)8-16-7-10-5-3-2-4-6-10/h2-6,11-13H,7-9H2,1H3/t11-,12+,13-,18+/m0/s1. The summed E-state index contributed by atoms with van der Waals surface area (Å²) in [6.07, 6.45) is 0.778. The smallest absolute Gasteiger partial charge is 0.213 e. The van der Waals surface area contributed by atoms with Gasteiger partial charge in [0.1, 0.15) is 0 Å². The molecule has 0 radical (unpaired) electrons. The second-order valence-electron chi connectivity index (χ2n) is 4.80. The summed E-state index contributed by atoms with van der Waals surface area (Å²) in [5.74, 6) is 0. The van der Waals surface area contributed by atoms with E-state index in [2.05, 4.69) is 0 Å². The number of hydrogen-bond acceptors (Lipinski definition) is 4. The average Bonchev–Trinajstić information content (AvgIpc) is 3.08. The number of hydrogen-bond donors (Lipinski definition) is 0. The largest absolute Gasteiger partial charge is 0.376 e. The first-order valence-corrected chi connectivity index (χ1v) is 8.02. The molecule has 0 aromatic heterocycles. The molecule has 1 aromatic rings. The third-order valence-corrected chi connectivity index (χ3v) is 6.59. The lowest BCUT2D eigenvalue weighted by Gasteiger charge is -2.20. The van der Waals surface area contributed by atoms with Crippen molar-refractivity contribution in [2.45, 2.75) is 24.5 Å². The lowest BCUT2D eigenvalue weighted by atomic mass is 10.2. The van der Waals surface area contributed by atoms with Crippen molar-refractivity contribution in [1.82, 2.24) is 0 Å². The van der Waals surface area contributed by atoms with Crippen LogP contribution in [0.1, 0.15) is 5.56 Å². The zero-order valence-corrected chi connectivity index (χ0v) is 11.2. The first kappa shape index (κ1) is 12.4. The molecule has 0 spiro atoms. The molecule has 98 valence electrons. The van der Waals surface area contributed by atoms with E-state index >= 15 is 0 Å². The van der Waals surface area contributed by atoms with Gasteiger partial charge in [0.15, 0.2) is 0 Å². The Balaban J connectivity index is 1.55. The number of fused-ring (bicyclic) bond motifs is 1. The molecule has 4 nitrogen and oxygen atoms in total. The van der Waals surface area contributed by atoms with Gasteiger partial charge < -0.3 is 14.0 Å². The minimum absolute atomic E-state index is 0.0868. The SMILES string of the molecule is CO[P@]1(=O)C[C@@H]2O[C@@H]2[C@H]1COCc1ccccc1. The van der Waals surface area contributed by atoms with Crippen molar-refractivity contribution in [3.63, 3.8) is 0 Å². The van der Waals surface area contributed by atoms with Crippen LogP contribution in [-0.2, 0) is 25.2 Å². The molecule has 2 heterocycles. The Morgan fingerprint density at radius 1 is 1.39 bits per heavy atom. The van der Waals surface area contributed by atoms with Crippen LogP contribution in [0.15, 0.2) is 30.3 Å². The summed E-state index contributed by atoms with van der Waals surface area (Å²) >= 11 is 0. The fourth-order valence-electron chi connectivity index (χ4n) is 2.54. The van der Waals surface area contributed by atoms with Gasteiger partial charge in [-0.05, 0) is 5.56 Å². The maximum Gasteiger partial charge on any atom is 0.213 e. The summed E-state index contributed by atoms with van der Waals surface area (Å²) in [4.78, 5) is 0. The Morgan fingerprint density at radius 3 is 2.89 bits per heavy atom. The van der Waals surface area contributed by atoms with Gasteiger partial charge in [-0.3, -0.25) is 4.57 Å². The number of benzene rings is 1. The fourth-order valence-corrected chi connectivity index (χ4v) is 5.07. The zero-order chi connectivity index (χ0) is 12.6. The van der Waals surface area contributed by atoms with Gasteiger partial charge in [0, 0.05) is 7.11 Å². The molecule has 0 aliphatic carbocycles. The van der Waals surface area contributed by atoms with Crippen LogP contribution in [0.2, 0.25) is 0 Å². The van der Waals surface area contributed by atoms with Crippen molar-refractivity contribution in [1.29, 1.82) is 0 Å². The van der Waals surface area contributed by atoms with Gasteiger partial charge >= 0.3 is 0 Å². The highest BCUT2D eigenvalue weighted by atomic mass is 31.2. The Hall–Kier alpha value is -0.670. The molecule has 4 atom stereocenters. The molecule has 2 fully saturated rings. The maximum absolute atomic E-state index is 12.4. The van der Waals surface area contributed by atoms with E-state index in [-0.39, 0.29) is 17.9 Å². The summed E-state index contributed by atoms with van der Waals surface area (Å²) in [6, 6.07) is 9.97. The molecule has 0 bridgehead atoms. The molecular formula is C13H17O4P. The lowest BCUT2D eigenvalue weighted by molar-refractivity contribution is 0.111. The molecule has 0 amide bonds. The molecule has 0 unspecified atom stereocenters. The summed E-state index contributed by atoms with van der Waals surface area (Å²) in [6.45, 7) is 0.986. The molecule has 18 heavy (non-hydrogen) atoms. The Labute approximate surface area is 107 Å². The average molecular weight is 268 g/mol. The first-order chi connectivity index (χ1) is 8.73. The Morgan fingerprint density at radius 2 is 2.17 bits per heavy atom. The van der Waals surface area contributed by atoms with Crippen molar-refractivity contribution >= 4 is 7.37 Å². The lowest BCUT2D eigenvalue weighted by Crippen LogP contribution is -2.20. The highest BCUT2D eigenvalue weighted by molar-refractivity contribution is 7.60. The van der Waals surface area contributed by atoms with E-state index in [4.69, 9.17) is 14.0 Å². The maximum atomic E-state index is 12.4. The summed E-state index contributed by atoms with van der Waals surface area (Å²) < 4.78 is 28.7. The van der Waals surface area contributed by atoms with Gasteiger partial charge in [0.05, 0.1) is 37.2 Å². The van der Waals surface area contributed by atoms with Crippen molar-refractivity contribution in [3.8, 4) is 0 Å². The molecule has 3 rings (SSSR count). The van der Waals surface area contributed by atoms with Gasteiger partial charge in [0.2, 0.25) is 7.37 Å². The summed E-state index contributed by atoms with van der Waals surface area (Å²) in [5.41, 5.74) is 1.03. The Kier molecular flexibility index (Phi) is 3.29. The third-order valence-electron chi connectivity index (χ3n) is 3.65. The summed E-state index contributed by atoms with van der Waals surface area (Å²) in [5, 5.41) is 0. The van der Waals surface area contributed by atoms with Gasteiger partial charge in [-0.1, -0.05) is 30.3 Å². The van der Waals surface area contributed by atoms with Crippen molar-refractivity contribution < 1.29 is 18.6 Å². The number of rotatable bonds is 5. The first-order valence-electron chi connectivity index (χ1n) is 6.14. The fraction of sp³-hybridized carbons (Fsp3) is 0.538. The van der Waals surface area contributed by atoms with E-state index < -0.39 is 7.37 Å². The van der Waals surface area contributed by atoms with Crippen LogP contribution < -0.4 is 0 Å². The molecule has 0 N–H and O–H groups in total. The van der Waals surface area contributed by atoms with E-state index in [1.165, 1.54) is 7.11 Å². The quantitative estimate of drug-likeness (QED) is 0.607. The predicted molar refractivity (Wildman–Crippen MR) is 68.0 cm³/mol. The van der Waals surface area contributed by atoms with Gasteiger partial charge in [-0.2, -0.15) is 0 Å². The van der Waals surface area contributed by atoms with Crippen LogP contribution in [0.5, 0.6) is 0 Å². The normalized spacial score (nSPS) is 37.5. The molecule has 2 aliphatic heterocycles. The van der Waals surface area contributed by atoms with E-state index in [9.17, 15) is 4.57 Å². The van der Waals surface area contributed by atoms with Crippen LogP contribution in [0.25, 0.3) is 0 Å². The van der Waals surface area contributed by atoms with Crippen LogP contribution >= 0.6 is 7.37 Å². The van der Waals surface area contributed by atoms with Gasteiger partial charge in [-0.15, -0.1) is 0 Å². The second-order valence-corrected chi connectivity index (χ2v) is 7.64. The van der Waals surface area contributed by atoms with Gasteiger partial charge in [-0.25, -0.2) is 0 Å². The highest BCUT2D eigenvalue weighted by Gasteiger charge is 2.62. The topological polar surface area (TPSA) is 48.1 Å². The van der Waals surface area contributed by atoms with E-state index in [1.807, 2.05) is 30.3 Å². The van der Waals surface area contributed by atoms with Crippen LogP contribution in [0.4, 0.5) is 0 Å². The van der Waals surface area contributed by atoms with Gasteiger partial charge in [0.25, 0.3) is 0 Å². The van der Waals surface area contributed by atoms with Crippen LogP contribution in [0, 0.1) is 0 Å². The van der Waals surface area contributed by atoms with Crippen LogP contribution in [0.3, 0.4) is 0 Å². The van der Waals surface area contributed by atoms with Crippen LogP contribution in [-0.4, -0.2) is 37.7 Å². The predicted octanol–water partition coefficient (Wildman–Crippen LogP) is 2.28. The number of ether oxygens (including phenoxy) is 2. The third kappa shape index (κ3) is 2.26. The Bertz CT molecular complexity index is 461. The number of epoxide rings is 1. The van der Waals surface area contributed by atoms with E-state index in [1.54, 1.807) is 0 Å². The minimum atomic E-state index is -2.54. The van der Waals surface area contributed by atoms with Crippen molar-refractivity contribution in [3.05, 3.63) is 35.9 Å². The zero-order valence-electron chi connectivity index (χ0n) is 10.3. The highest BCUT2D eigenvalue weighted by Crippen LogP contribution is 2.64. The molecule has 2 saturated heterocycles. The molecule has 2 aliphatic rings. The molecule has 0 saturated carbocycles. The summed E-state index contributed by atoms with van der Waals surface area (Å²) in [7, 11) is -1.02. The molecule has 5 heteroatoms. The van der Waals surface area contributed by atoms with Crippen molar-refractivity contribution in [2.24, 2.45) is 0 Å². The molecular weight excluding hydrogens is 251 g/mol. The van der Waals surface area contributed by atoms with E-state index in [0.29, 0.717) is 19.4 Å². The monoisotopic (exact) mass is 268 g/mol. The minimum Gasteiger partial charge on any atom is -0.376 e. The molecule has 1 aromatic carbocycles. The van der Waals surface area contributed by atoms with E-state index in [0.717, 1.165) is 5.56 Å². The van der Waals surface area contributed by atoms with Crippen molar-refractivity contribution in [2.75, 3.05) is 19.9 Å². The second kappa shape index (κ2) is 4.78.